The number of hydrogen-bond acceptors (Lipinski definition) is 9. The summed E-state index contributed by atoms with van der Waals surface area (Å²) in [4.78, 5) is 53.2. The topological polar surface area (TPSA) is 164 Å². The maximum atomic E-state index is 12.9. The molecule has 1 aromatic carbocycles. The molecule has 3 rings (SSSR count). The van der Waals surface area contributed by atoms with Gasteiger partial charge in [-0.25, -0.2) is 15.6 Å². The number of aromatic nitrogens is 1. The third kappa shape index (κ3) is 6.15. The molecule has 1 aromatic heterocycles. The van der Waals surface area contributed by atoms with Crippen molar-refractivity contribution in [2.45, 2.75) is 45.8 Å². The van der Waals surface area contributed by atoms with E-state index in [0.717, 1.165) is 10.6 Å². The van der Waals surface area contributed by atoms with Gasteiger partial charge in [-0.2, -0.15) is 0 Å². The first kappa shape index (κ1) is 26.6. The number of fused-ring (bicyclic) bond motifs is 1. The number of hydrazine groups is 1. The van der Waals surface area contributed by atoms with Gasteiger partial charge in [-0.05, 0) is 43.7 Å². The number of carbonyl (C=O) groups excluding carboxylic acids is 3. The van der Waals surface area contributed by atoms with Crippen molar-refractivity contribution in [1.29, 1.82) is 0 Å². The number of oxazole rings is 1. The number of benzene rings is 1. The molecule has 12 nitrogen and oxygen atoms in total. The second kappa shape index (κ2) is 11.6. The van der Waals surface area contributed by atoms with Gasteiger partial charge in [0, 0.05) is 25.7 Å². The molecular weight excluding hydrogens is 466 g/mol. The first-order valence-electron chi connectivity index (χ1n) is 11.5. The molecular formula is C24H31N7O5. The van der Waals surface area contributed by atoms with Crippen LogP contribution in [0.1, 0.15) is 32.8 Å². The summed E-state index contributed by atoms with van der Waals surface area (Å²) in [6.07, 6.45) is 3.89. The number of hydrogen-bond donors (Lipinski definition) is 4. The summed E-state index contributed by atoms with van der Waals surface area (Å²) in [7, 11) is 1.60. The molecule has 0 bridgehead atoms. The molecule has 2 aromatic rings. The molecule has 0 saturated heterocycles. The molecule has 1 aliphatic heterocycles. The van der Waals surface area contributed by atoms with Gasteiger partial charge in [0.25, 0.3) is 11.8 Å². The normalized spacial score (nSPS) is 15.6. The van der Waals surface area contributed by atoms with Crippen LogP contribution in [-0.4, -0.2) is 52.0 Å². The molecule has 36 heavy (non-hydrogen) atoms. The van der Waals surface area contributed by atoms with E-state index in [1.807, 2.05) is 13.8 Å². The van der Waals surface area contributed by atoms with Gasteiger partial charge in [0.1, 0.15) is 23.5 Å². The summed E-state index contributed by atoms with van der Waals surface area (Å²) >= 11 is 0. The Bertz CT molecular complexity index is 1300. The Morgan fingerprint density at radius 3 is 2.67 bits per heavy atom. The minimum Gasteiger partial charge on any atom is -0.408 e. The Hall–Kier alpha value is -4.03. The summed E-state index contributed by atoms with van der Waals surface area (Å²) in [6, 6.07) is 4.65. The van der Waals surface area contributed by atoms with Crippen molar-refractivity contribution in [2.24, 2.45) is 17.9 Å². The van der Waals surface area contributed by atoms with Crippen LogP contribution in [0.2, 0.25) is 0 Å². The number of aliphatic imine (C=N–C) groups is 1. The fourth-order valence-corrected chi connectivity index (χ4v) is 3.53. The number of nitrogens with one attached hydrogen (secondary N) is 3. The van der Waals surface area contributed by atoms with E-state index in [2.05, 4.69) is 20.9 Å². The third-order valence-electron chi connectivity index (χ3n) is 5.54. The van der Waals surface area contributed by atoms with Gasteiger partial charge in [-0.1, -0.05) is 19.9 Å². The highest BCUT2D eigenvalue weighted by Crippen LogP contribution is 2.17. The van der Waals surface area contributed by atoms with Crippen molar-refractivity contribution in [3.05, 3.63) is 58.0 Å². The molecule has 0 saturated carbocycles. The number of allylic oxidation sites excluding steroid dienone is 1. The van der Waals surface area contributed by atoms with Crippen LogP contribution >= 0.6 is 0 Å². The standard InChI is InChI=1S/C24H31N7O5/c1-5-21-29-17(11-19(31(21)25)23(34)28-16(13-32)8-9-26-14(2)3)22(33)27-12-15-6-7-20-18(10-15)30(4)24(35)36-20/h5-7,10-11,13-14,16,26H,8-9,12,25H2,1-4H3,(H,27,33)(H,28,34)/b21-5-. The molecule has 0 fully saturated rings. The summed E-state index contributed by atoms with van der Waals surface area (Å²) in [5.74, 6) is 4.64. The first-order chi connectivity index (χ1) is 17.1. The van der Waals surface area contributed by atoms with Gasteiger partial charge < -0.3 is 25.2 Å². The lowest BCUT2D eigenvalue weighted by molar-refractivity contribution is -0.122. The van der Waals surface area contributed by atoms with Crippen LogP contribution in [0, 0.1) is 0 Å². The highest BCUT2D eigenvalue weighted by Gasteiger charge is 2.27. The van der Waals surface area contributed by atoms with E-state index in [1.54, 1.807) is 38.2 Å². The summed E-state index contributed by atoms with van der Waals surface area (Å²) in [6.45, 7) is 6.33. The van der Waals surface area contributed by atoms with Crippen molar-refractivity contribution in [2.75, 3.05) is 6.54 Å². The molecule has 2 heterocycles. The Morgan fingerprint density at radius 2 is 2.00 bits per heavy atom. The fraction of sp³-hybridized carbons (Fsp3) is 0.375. The van der Waals surface area contributed by atoms with Crippen molar-refractivity contribution >= 4 is 34.9 Å². The molecule has 0 spiro atoms. The Morgan fingerprint density at radius 1 is 1.25 bits per heavy atom. The minimum absolute atomic E-state index is 0.0177. The van der Waals surface area contributed by atoms with Gasteiger partial charge in [0.15, 0.2) is 5.58 Å². The quantitative estimate of drug-likeness (QED) is 0.267. The number of amides is 2. The average Bonchev–Trinajstić information content (AvgIpc) is 3.14. The number of rotatable bonds is 10. The van der Waals surface area contributed by atoms with E-state index in [-0.39, 0.29) is 29.8 Å². The van der Waals surface area contributed by atoms with Crippen LogP contribution in [0.25, 0.3) is 11.1 Å². The van der Waals surface area contributed by atoms with Crippen LogP contribution in [0.4, 0.5) is 0 Å². The Balaban J connectivity index is 1.72. The van der Waals surface area contributed by atoms with Gasteiger partial charge in [0.05, 0.1) is 11.6 Å². The van der Waals surface area contributed by atoms with Crippen molar-refractivity contribution in [3.63, 3.8) is 0 Å². The molecule has 192 valence electrons. The average molecular weight is 498 g/mol. The van der Waals surface area contributed by atoms with Crippen LogP contribution in [0.5, 0.6) is 0 Å². The number of aryl methyl sites for hydroxylation is 1. The Labute approximate surface area is 207 Å². The maximum absolute atomic E-state index is 12.9. The third-order valence-corrected chi connectivity index (χ3v) is 5.54. The van der Waals surface area contributed by atoms with E-state index in [0.29, 0.717) is 30.4 Å². The summed E-state index contributed by atoms with van der Waals surface area (Å²) < 4.78 is 6.49. The summed E-state index contributed by atoms with van der Waals surface area (Å²) in [5, 5.41) is 9.64. The molecule has 2 amide bonds. The molecule has 0 radical (unpaired) electrons. The fourth-order valence-electron chi connectivity index (χ4n) is 3.53. The van der Waals surface area contributed by atoms with E-state index in [9.17, 15) is 19.2 Å². The van der Waals surface area contributed by atoms with Crippen LogP contribution in [0.15, 0.2) is 56.1 Å². The van der Waals surface area contributed by atoms with Crippen LogP contribution in [-0.2, 0) is 28.0 Å². The maximum Gasteiger partial charge on any atom is 0.419 e. The molecule has 1 aliphatic rings. The number of aldehydes is 1. The van der Waals surface area contributed by atoms with Crippen molar-refractivity contribution < 1.29 is 18.8 Å². The van der Waals surface area contributed by atoms with Crippen molar-refractivity contribution in [1.82, 2.24) is 25.5 Å². The highest BCUT2D eigenvalue weighted by molar-refractivity contribution is 6.44. The zero-order valence-electron chi connectivity index (χ0n) is 20.7. The van der Waals surface area contributed by atoms with Crippen molar-refractivity contribution in [3.8, 4) is 0 Å². The lowest BCUT2D eigenvalue weighted by atomic mass is 10.1. The molecule has 5 N–H and O–H groups in total. The second-order valence-electron chi connectivity index (χ2n) is 8.57. The molecule has 1 atom stereocenters. The highest BCUT2D eigenvalue weighted by atomic mass is 16.4. The predicted molar refractivity (Wildman–Crippen MR) is 134 cm³/mol. The summed E-state index contributed by atoms with van der Waals surface area (Å²) in [5.41, 5.74) is 1.74. The van der Waals surface area contributed by atoms with E-state index >= 15 is 0 Å². The van der Waals surface area contributed by atoms with E-state index < -0.39 is 23.6 Å². The molecule has 0 aliphatic carbocycles. The van der Waals surface area contributed by atoms with Gasteiger partial charge in [0.2, 0.25) is 0 Å². The second-order valence-corrected chi connectivity index (χ2v) is 8.57. The predicted octanol–water partition coefficient (Wildman–Crippen LogP) is 0.195. The number of carbonyl (C=O) groups is 3. The largest absolute Gasteiger partial charge is 0.419 e. The molecule has 12 heteroatoms. The lowest BCUT2D eigenvalue weighted by Crippen LogP contribution is -2.46. The van der Waals surface area contributed by atoms with E-state index in [4.69, 9.17) is 10.3 Å². The van der Waals surface area contributed by atoms with E-state index in [1.165, 1.54) is 10.6 Å². The number of nitrogens with zero attached hydrogens (tertiary/aromatic N) is 3. The van der Waals surface area contributed by atoms with Crippen LogP contribution < -0.4 is 27.5 Å². The lowest BCUT2D eigenvalue weighted by Gasteiger charge is -2.26. The minimum atomic E-state index is -0.725. The van der Waals surface area contributed by atoms with Gasteiger partial charge in [-0.15, -0.1) is 0 Å². The smallest absolute Gasteiger partial charge is 0.408 e. The van der Waals surface area contributed by atoms with Crippen LogP contribution in [0.3, 0.4) is 0 Å². The van der Waals surface area contributed by atoms with Gasteiger partial charge in [-0.3, -0.25) is 19.2 Å². The molecule has 1 unspecified atom stereocenters. The Kier molecular flexibility index (Phi) is 8.56. The SMILES string of the molecule is C/C=C1/N=C(C(=O)NCc2ccc3oc(=O)n(C)c3c2)C=C(C(=O)NC(C=O)CCNC(C)C)N1N. The zero-order chi connectivity index (χ0) is 26.4. The number of nitrogens with two attached hydrogens (primary N) is 1. The zero-order valence-corrected chi connectivity index (χ0v) is 20.7. The van der Waals surface area contributed by atoms with Gasteiger partial charge >= 0.3 is 5.76 Å². The first-order valence-corrected chi connectivity index (χ1v) is 11.5. The monoisotopic (exact) mass is 497 g/mol.